The third-order valence-electron chi connectivity index (χ3n) is 10.2. The van der Waals surface area contributed by atoms with E-state index in [4.69, 9.17) is 34.4 Å². The molecule has 378 valence electrons. The fraction of sp³-hybridized carbons (Fsp3) is 0.488. The lowest BCUT2D eigenvalue weighted by molar-refractivity contribution is -0.136. The predicted octanol–water partition coefficient (Wildman–Crippen LogP) is -3.68. The average Bonchev–Trinajstić information content (AvgIpc) is 3.29. The monoisotopic (exact) mass is 999 g/mol. The number of rotatable bonds is 19. The van der Waals surface area contributed by atoms with Gasteiger partial charge >= 0.3 is 0 Å². The molecule has 69 heavy (non-hydrogen) atoms. The van der Waals surface area contributed by atoms with Crippen LogP contribution in [0.2, 0.25) is 0 Å². The molecule has 2 aromatic rings. The highest BCUT2D eigenvalue weighted by molar-refractivity contribution is 8.77. The van der Waals surface area contributed by atoms with Gasteiger partial charge in [-0.3, -0.25) is 48.3 Å². The molecular weight excluding hydrogens is 935 g/mol. The van der Waals surface area contributed by atoms with E-state index in [1.807, 2.05) is 0 Å². The van der Waals surface area contributed by atoms with Crippen LogP contribution in [0.15, 0.2) is 64.6 Å². The van der Waals surface area contributed by atoms with Crippen LogP contribution in [-0.2, 0) is 51.2 Å². The number of benzene rings is 2. The van der Waals surface area contributed by atoms with Crippen LogP contribution in [0.5, 0.6) is 5.75 Å². The minimum absolute atomic E-state index is 0.00724. The van der Waals surface area contributed by atoms with E-state index in [9.17, 15) is 43.5 Å². The maximum Gasteiger partial charge on any atom is 0.243 e. The first-order valence-electron chi connectivity index (χ1n) is 22.0. The van der Waals surface area contributed by atoms with Crippen LogP contribution < -0.4 is 71.6 Å². The number of hydrogen-bond donors (Lipinski definition) is 14. The molecule has 20 N–H and O–H groups in total. The van der Waals surface area contributed by atoms with Crippen LogP contribution in [0.4, 0.5) is 0 Å². The summed E-state index contributed by atoms with van der Waals surface area (Å²) in [6, 6.07) is 6.92. The molecule has 0 saturated carbocycles. The van der Waals surface area contributed by atoms with Crippen molar-refractivity contribution in [3.05, 3.63) is 65.7 Å². The quantitative estimate of drug-likeness (QED) is 0.0279. The van der Waals surface area contributed by atoms with Gasteiger partial charge in [0, 0.05) is 36.6 Å². The molecule has 8 amide bonds. The van der Waals surface area contributed by atoms with E-state index in [0.29, 0.717) is 11.1 Å². The van der Waals surface area contributed by atoms with Gasteiger partial charge < -0.3 is 76.7 Å². The lowest BCUT2D eigenvalue weighted by Gasteiger charge is -2.28. The summed E-state index contributed by atoms with van der Waals surface area (Å²) in [5.74, 6) is -6.72. The van der Waals surface area contributed by atoms with Gasteiger partial charge in [0.1, 0.15) is 36.0 Å². The number of aromatic hydroxyl groups is 1. The Morgan fingerprint density at radius 2 is 1.41 bits per heavy atom. The zero-order valence-corrected chi connectivity index (χ0v) is 40.2. The van der Waals surface area contributed by atoms with E-state index in [1.165, 1.54) is 33.7 Å². The van der Waals surface area contributed by atoms with Crippen LogP contribution in [0.3, 0.4) is 0 Å². The molecule has 1 heterocycles. The first kappa shape index (κ1) is 56.5. The van der Waals surface area contributed by atoms with Crippen LogP contribution in [-0.4, -0.2) is 137 Å². The number of nitrogens with one attached hydrogen (secondary N) is 7. The van der Waals surface area contributed by atoms with Crippen molar-refractivity contribution in [1.82, 2.24) is 37.2 Å². The molecule has 0 aliphatic carbocycles. The van der Waals surface area contributed by atoms with Crippen molar-refractivity contribution in [1.29, 1.82) is 0 Å². The number of primary amides is 1. The molecule has 3 rings (SSSR count). The zero-order valence-electron chi connectivity index (χ0n) is 38.5. The maximum absolute atomic E-state index is 14.2. The molecule has 1 fully saturated rings. The van der Waals surface area contributed by atoms with Gasteiger partial charge in [-0.15, -0.1) is 0 Å². The van der Waals surface area contributed by atoms with E-state index in [-0.39, 0.29) is 81.6 Å². The molecule has 1 aliphatic heterocycles. The summed E-state index contributed by atoms with van der Waals surface area (Å²) in [5, 5.41) is 27.9. The summed E-state index contributed by atoms with van der Waals surface area (Å²) in [6.07, 6.45) is -0.223. The lowest BCUT2D eigenvalue weighted by atomic mass is 10.0. The number of aliphatic imine (C=N–C) groups is 2. The number of nitrogens with two attached hydrogens (primary N) is 6. The van der Waals surface area contributed by atoms with Gasteiger partial charge in [0.15, 0.2) is 11.9 Å². The van der Waals surface area contributed by atoms with Crippen molar-refractivity contribution in [2.45, 2.75) is 99.8 Å². The number of amides is 8. The minimum atomic E-state index is -1.62. The van der Waals surface area contributed by atoms with E-state index in [0.717, 1.165) is 0 Å². The van der Waals surface area contributed by atoms with E-state index < -0.39 is 101 Å². The summed E-state index contributed by atoms with van der Waals surface area (Å²) < 4.78 is -0.716. The van der Waals surface area contributed by atoms with Gasteiger partial charge in [0.25, 0.3) is 0 Å². The Hall–Kier alpha value is -6.80. The summed E-state index contributed by atoms with van der Waals surface area (Å²) in [4.78, 5) is 116. The molecule has 1 aliphatic rings. The summed E-state index contributed by atoms with van der Waals surface area (Å²) in [7, 11) is 2.49. The molecule has 0 aromatic heterocycles. The maximum atomic E-state index is 14.2. The Labute approximate surface area is 407 Å². The molecule has 6 unspecified atom stereocenters. The first-order valence-corrected chi connectivity index (χ1v) is 24.3. The Morgan fingerprint density at radius 1 is 0.783 bits per heavy atom. The number of hydrogen-bond acceptors (Lipinski definition) is 14. The van der Waals surface area contributed by atoms with E-state index in [1.54, 1.807) is 56.3 Å². The number of phenols is 1. The topological polar surface area (TPSA) is 422 Å². The molecule has 0 bridgehead atoms. The van der Waals surface area contributed by atoms with Gasteiger partial charge in [-0.05, 0) is 69.2 Å². The number of carbonyl (C=O) groups excluding carboxylic acids is 8. The van der Waals surface area contributed by atoms with Gasteiger partial charge in [0.05, 0.1) is 19.0 Å². The van der Waals surface area contributed by atoms with Crippen molar-refractivity contribution in [3.8, 4) is 5.75 Å². The third-order valence-corrected chi connectivity index (χ3v) is 13.5. The van der Waals surface area contributed by atoms with Crippen LogP contribution >= 0.6 is 21.6 Å². The molecule has 2 aromatic carbocycles. The average molecular weight is 1000 g/mol. The second kappa shape index (κ2) is 28.5. The molecule has 1 saturated heterocycles. The largest absolute Gasteiger partial charge is 0.508 e. The molecule has 26 heteroatoms. The van der Waals surface area contributed by atoms with Crippen molar-refractivity contribution >= 4 is 80.8 Å². The minimum Gasteiger partial charge on any atom is -0.508 e. The molecule has 0 spiro atoms. The van der Waals surface area contributed by atoms with Crippen molar-refractivity contribution in [3.63, 3.8) is 0 Å². The predicted molar refractivity (Wildman–Crippen MR) is 263 cm³/mol. The third kappa shape index (κ3) is 21.8. The second-order valence-electron chi connectivity index (χ2n) is 16.7. The fourth-order valence-corrected chi connectivity index (χ4v) is 9.12. The fourth-order valence-electron chi connectivity index (χ4n) is 6.48. The Balaban J connectivity index is 1.91. The van der Waals surface area contributed by atoms with E-state index in [2.05, 4.69) is 47.2 Å². The van der Waals surface area contributed by atoms with Gasteiger partial charge in [-0.2, -0.15) is 0 Å². The van der Waals surface area contributed by atoms with Crippen LogP contribution in [0.25, 0.3) is 0 Å². The number of guanidine groups is 2. The van der Waals surface area contributed by atoms with Gasteiger partial charge in [0.2, 0.25) is 47.3 Å². The first-order chi connectivity index (χ1) is 32.6. The summed E-state index contributed by atoms with van der Waals surface area (Å²) in [6.45, 7) is 3.21. The number of phenolic OH excluding ortho intramolecular Hbond substituents is 1. The summed E-state index contributed by atoms with van der Waals surface area (Å²) in [5.41, 5.74) is 34.8. The zero-order chi connectivity index (χ0) is 51.1. The SMILES string of the molecule is CC1(C)CNC(=O)CC(C(=O)NC(CCCN=C(N)N)C(=O)NC(CCCN=C(N)N)C(N)=O)NC(=O)C(Cc2ccccc2)NC(=O)CNC(=O)C(NC(=O)C(N)Cc2ccc(O)cc2)CSS1. The molecular formula is C43H65N15O9S2. The number of nitrogens with zero attached hydrogens (tertiary/aromatic N) is 2. The van der Waals surface area contributed by atoms with Crippen LogP contribution in [0, 0.1) is 0 Å². The van der Waals surface area contributed by atoms with Crippen molar-refractivity contribution in [2.24, 2.45) is 44.4 Å². The van der Waals surface area contributed by atoms with Crippen molar-refractivity contribution in [2.75, 3.05) is 31.9 Å². The highest BCUT2D eigenvalue weighted by Gasteiger charge is 2.34. The van der Waals surface area contributed by atoms with Crippen molar-refractivity contribution < 1.29 is 43.5 Å². The second-order valence-corrected chi connectivity index (χ2v) is 19.7. The molecule has 6 atom stereocenters. The normalized spacial score (nSPS) is 19.4. The molecule has 24 nitrogen and oxygen atoms in total. The molecule has 0 radical (unpaired) electrons. The Kier molecular flexibility index (Phi) is 23.4. The smallest absolute Gasteiger partial charge is 0.243 e. The highest BCUT2D eigenvalue weighted by atomic mass is 33.1. The Morgan fingerprint density at radius 3 is 2.01 bits per heavy atom. The van der Waals surface area contributed by atoms with Gasteiger partial charge in [-0.1, -0.05) is 64.1 Å². The summed E-state index contributed by atoms with van der Waals surface area (Å²) >= 11 is 0. The van der Waals surface area contributed by atoms with Gasteiger partial charge in [-0.25, -0.2) is 0 Å². The van der Waals surface area contributed by atoms with Crippen LogP contribution in [0.1, 0.15) is 57.1 Å². The standard InChI is InChI=1S/C43H65N15O9S2/c1-43(2)23-53-33(60)20-31(40(67)56-29(11-7-17-51-42(48)49)38(65)55-28(35(45)62)10-6-16-50-41(46)47)57-39(66)30(19-24-8-4-3-5-9-24)54-34(61)21-52-37(64)32(22-68-69-43)58-36(63)27(44)18-25-12-14-26(59)15-13-25/h3-5,8-9,12-15,27-32,59H,6-7,10-11,16-23,44H2,1-2H3,(H2,45,62)(H,52,64)(H,53,60)(H,54,61)(H,55,65)(H,56,67)(H,57,66)(H,58,63)(H4,46,47,50)(H4,48,49,51). The Bertz CT molecular complexity index is 2140. The number of carbonyl (C=O) groups is 8. The lowest BCUT2D eigenvalue weighted by Crippen LogP contribution is -2.59. The highest BCUT2D eigenvalue weighted by Crippen LogP contribution is 2.35. The van der Waals surface area contributed by atoms with E-state index >= 15 is 0 Å².